The van der Waals surface area contributed by atoms with Crippen molar-refractivity contribution in [2.45, 2.75) is 65.0 Å². The van der Waals surface area contributed by atoms with Crippen molar-refractivity contribution in [1.82, 2.24) is 15.0 Å². The fourth-order valence-corrected chi connectivity index (χ4v) is 3.09. The largest absolute Gasteiger partial charge is 0.366 e. The van der Waals surface area contributed by atoms with Gasteiger partial charge in [-0.3, -0.25) is 4.79 Å². The van der Waals surface area contributed by atoms with Crippen molar-refractivity contribution in [1.29, 1.82) is 0 Å². The van der Waals surface area contributed by atoms with Gasteiger partial charge in [0.25, 0.3) is 0 Å². The van der Waals surface area contributed by atoms with Gasteiger partial charge in [-0.25, -0.2) is 15.0 Å². The van der Waals surface area contributed by atoms with Crippen molar-refractivity contribution in [3.8, 4) is 0 Å². The Morgan fingerprint density at radius 2 is 1.96 bits per heavy atom. The molecule has 1 aliphatic carbocycles. The topological polar surface area (TPSA) is 79.8 Å². The molecule has 0 saturated heterocycles. The normalized spacial score (nSPS) is 15.7. The molecule has 0 aromatic carbocycles. The van der Waals surface area contributed by atoms with Gasteiger partial charge >= 0.3 is 0 Å². The lowest BCUT2D eigenvalue weighted by atomic mass is 9.96. The Kier molecular flexibility index (Phi) is 4.92. The molecule has 0 radical (unpaired) electrons. The maximum atomic E-state index is 11.7. The average Bonchev–Trinajstić information content (AvgIpc) is 2.55. The predicted molar refractivity (Wildman–Crippen MR) is 96.6 cm³/mol. The van der Waals surface area contributed by atoms with Gasteiger partial charge in [0.2, 0.25) is 5.95 Å². The molecule has 1 saturated carbocycles. The number of carbonyl (C=O) groups excluding carboxylic acids is 1. The molecule has 0 atom stereocenters. The molecule has 0 spiro atoms. The SMILES string of the molecule is CC(=O)c1cc2cnc(NC3CCCCC3)nc2c(NC(C)C)n1. The highest BCUT2D eigenvalue weighted by Crippen LogP contribution is 2.24. The van der Waals surface area contributed by atoms with Crippen LogP contribution in [0.25, 0.3) is 10.9 Å². The number of nitrogens with zero attached hydrogens (tertiary/aromatic N) is 3. The van der Waals surface area contributed by atoms with Crippen LogP contribution in [0.3, 0.4) is 0 Å². The van der Waals surface area contributed by atoms with Crippen molar-refractivity contribution >= 4 is 28.5 Å². The average molecular weight is 327 g/mol. The van der Waals surface area contributed by atoms with E-state index in [0.29, 0.717) is 23.5 Å². The number of anilines is 2. The second-order valence-electron chi connectivity index (χ2n) is 6.82. The highest BCUT2D eigenvalue weighted by atomic mass is 16.1. The number of aromatic nitrogens is 3. The van der Waals surface area contributed by atoms with E-state index in [9.17, 15) is 4.79 Å². The molecule has 2 N–H and O–H groups in total. The summed E-state index contributed by atoms with van der Waals surface area (Å²) in [5, 5.41) is 7.57. The molecule has 2 aromatic rings. The van der Waals surface area contributed by atoms with Gasteiger partial charge in [-0.15, -0.1) is 0 Å². The van der Waals surface area contributed by atoms with Crippen molar-refractivity contribution < 1.29 is 4.79 Å². The molecule has 6 nitrogen and oxygen atoms in total. The molecule has 0 amide bonds. The van der Waals surface area contributed by atoms with E-state index < -0.39 is 0 Å². The Morgan fingerprint density at radius 1 is 1.21 bits per heavy atom. The summed E-state index contributed by atoms with van der Waals surface area (Å²) in [4.78, 5) is 25.3. The number of nitrogens with one attached hydrogen (secondary N) is 2. The third kappa shape index (κ3) is 3.80. The second kappa shape index (κ2) is 7.11. The summed E-state index contributed by atoms with van der Waals surface area (Å²) in [6.07, 6.45) is 7.94. The van der Waals surface area contributed by atoms with Gasteiger partial charge in [0.05, 0.1) is 0 Å². The summed E-state index contributed by atoms with van der Waals surface area (Å²) in [6.45, 7) is 5.60. The van der Waals surface area contributed by atoms with E-state index in [4.69, 9.17) is 0 Å². The number of hydrogen-bond acceptors (Lipinski definition) is 6. The van der Waals surface area contributed by atoms with Crippen LogP contribution in [-0.2, 0) is 0 Å². The first-order chi connectivity index (χ1) is 11.5. The van der Waals surface area contributed by atoms with E-state index >= 15 is 0 Å². The zero-order valence-electron chi connectivity index (χ0n) is 14.6. The van der Waals surface area contributed by atoms with Gasteiger partial charge in [-0.2, -0.15) is 0 Å². The lowest BCUT2D eigenvalue weighted by molar-refractivity contribution is 0.101. The summed E-state index contributed by atoms with van der Waals surface area (Å²) in [5.41, 5.74) is 1.18. The molecule has 3 rings (SSSR count). The number of hydrogen-bond donors (Lipinski definition) is 2. The zero-order valence-corrected chi connectivity index (χ0v) is 14.6. The van der Waals surface area contributed by atoms with E-state index in [1.807, 2.05) is 13.8 Å². The van der Waals surface area contributed by atoms with E-state index in [1.54, 1.807) is 12.3 Å². The zero-order chi connectivity index (χ0) is 17.1. The number of Topliss-reactive ketones (excluding diaryl/α,β-unsaturated/α-hetero) is 1. The Morgan fingerprint density at radius 3 is 2.62 bits per heavy atom. The Labute approximate surface area is 142 Å². The van der Waals surface area contributed by atoms with Crippen molar-refractivity contribution in [3.63, 3.8) is 0 Å². The Balaban J connectivity index is 1.96. The number of pyridine rings is 1. The van der Waals surface area contributed by atoms with Crippen LogP contribution in [0.1, 0.15) is 63.4 Å². The molecule has 24 heavy (non-hydrogen) atoms. The quantitative estimate of drug-likeness (QED) is 0.813. The molecule has 2 heterocycles. The van der Waals surface area contributed by atoms with E-state index in [-0.39, 0.29) is 11.8 Å². The van der Waals surface area contributed by atoms with Crippen LogP contribution in [0.4, 0.5) is 11.8 Å². The van der Waals surface area contributed by atoms with Gasteiger partial charge in [-0.05, 0) is 32.8 Å². The van der Waals surface area contributed by atoms with Gasteiger partial charge in [0.15, 0.2) is 11.6 Å². The second-order valence-corrected chi connectivity index (χ2v) is 6.82. The molecule has 6 heteroatoms. The minimum atomic E-state index is -0.0619. The van der Waals surface area contributed by atoms with Gasteiger partial charge in [0.1, 0.15) is 11.2 Å². The lowest BCUT2D eigenvalue weighted by Crippen LogP contribution is -2.23. The third-order valence-electron chi connectivity index (χ3n) is 4.29. The highest BCUT2D eigenvalue weighted by Gasteiger charge is 2.16. The summed E-state index contributed by atoms with van der Waals surface area (Å²) in [6, 6.07) is 2.41. The monoisotopic (exact) mass is 327 g/mol. The van der Waals surface area contributed by atoms with Crippen LogP contribution in [0.2, 0.25) is 0 Å². The molecule has 1 fully saturated rings. The van der Waals surface area contributed by atoms with Crippen LogP contribution >= 0.6 is 0 Å². The first-order valence-corrected chi connectivity index (χ1v) is 8.74. The van der Waals surface area contributed by atoms with E-state index in [1.165, 1.54) is 39.0 Å². The molecule has 0 aliphatic heterocycles. The molecule has 2 aromatic heterocycles. The van der Waals surface area contributed by atoms with Crippen LogP contribution in [0.5, 0.6) is 0 Å². The standard InChI is InChI=1S/C18H25N5O/c1-11(2)20-17-16-13(9-15(22-17)12(3)24)10-19-18(23-16)21-14-7-5-4-6-8-14/h9-11,14H,4-8H2,1-3H3,(H,20,22)(H,19,21,23). The predicted octanol–water partition coefficient (Wildman–Crippen LogP) is 3.79. The van der Waals surface area contributed by atoms with Crippen molar-refractivity contribution in [2.24, 2.45) is 0 Å². The Hall–Kier alpha value is -2.24. The van der Waals surface area contributed by atoms with E-state index in [2.05, 4.69) is 25.6 Å². The molecular formula is C18H25N5O. The first-order valence-electron chi connectivity index (χ1n) is 8.74. The molecular weight excluding hydrogens is 302 g/mol. The van der Waals surface area contributed by atoms with Gasteiger partial charge in [0, 0.05) is 30.6 Å². The molecule has 1 aliphatic rings. The minimum absolute atomic E-state index is 0.0619. The van der Waals surface area contributed by atoms with Crippen LogP contribution in [0.15, 0.2) is 12.3 Å². The van der Waals surface area contributed by atoms with Crippen LogP contribution < -0.4 is 10.6 Å². The summed E-state index contributed by atoms with van der Waals surface area (Å²) in [5.74, 6) is 1.22. The third-order valence-corrected chi connectivity index (χ3v) is 4.29. The maximum absolute atomic E-state index is 11.7. The van der Waals surface area contributed by atoms with Crippen LogP contribution in [0, 0.1) is 0 Å². The highest BCUT2D eigenvalue weighted by molar-refractivity contribution is 5.98. The van der Waals surface area contributed by atoms with Crippen LogP contribution in [-0.4, -0.2) is 32.8 Å². The smallest absolute Gasteiger partial charge is 0.223 e. The minimum Gasteiger partial charge on any atom is -0.366 e. The fraction of sp³-hybridized carbons (Fsp3) is 0.556. The van der Waals surface area contributed by atoms with Gasteiger partial charge < -0.3 is 10.6 Å². The van der Waals surface area contributed by atoms with Crippen molar-refractivity contribution in [2.75, 3.05) is 10.6 Å². The summed E-state index contributed by atoms with van der Waals surface area (Å²) in [7, 11) is 0. The Bertz CT molecular complexity index is 738. The maximum Gasteiger partial charge on any atom is 0.223 e. The summed E-state index contributed by atoms with van der Waals surface area (Å²) >= 11 is 0. The van der Waals surface area contributed by atoms with E-state index in [0.717, 1.165) is 10.9 Å². The molecule has 0 unspecified atom stereocenters. The number of rotatable bonds is 5. The fourth-order valence-electron chi connectivity index (χ4n) is 3.09. The lowest BCUT2D eigenvalue weighted by Gasteiger charge is -2.22. The van der Waals surface area contributed by atoms with Gasteiger partial charge in [-0.1, -0.05) is 19.3 Å². The number of ketones is 1. The number of fused-ring (bicyclic) bond motifs is 1. The molecule has 128 valence electrons. The molecule has 0 bridgehead atoms. The summed E-state index contributed by atoms with van der Waals surface area (Å²) < 4.78 is 0. The van der Waals surface area contributed by atoms with Crippen molar-refractivity contribution in [3.05, 3.63) is 18.0 Å². The number of carbonyl (C=O) groups is 1. The first kappa shape index (κ1) is 16.6.